The predicted molar refractivity (Wildman–Crippen MR) is 73.7 cm³/mol. The summed E-state index contributed by atoms with van der Waals surface area (Å²) < 4.78 is 13.3. The molecule has 106 valence electrons. The molecule has 1 aliphatic carbocycles. The molecule has 1 aliphatic rings. The van der Waals surface area contributed by atoms with Gasteiger partial charge >= 0.3 is 0 Å². The van der Waals surface area contributed by atoms with Crippen LogP contribution in [0, 0.1) is 11.7 Å². The molecule has 0 saturated heterocycles. The van der Waals surface area contributed by atoms with Crippen LogP contribution in [-0.2, 0) is 6.42 Å². The Balaban J connectivity index is 2.03. The molecule has 0 radical (unpaired) electrons. The number of hydrogen-bond donors (Lipinski definition) is 2. The molecule has 0 aliphatic heterocycles. The fourth-order valence-electron chi connectivity index (χ4n) is 2.68. The minimum Gasteiger partial charge on any atom is -0.390 e. The van der Waals surface area contributed by atoms with E-state index in [0.29, 0.717) is 24.3 Å². The van der Waals surface area contributed by atoms with Gasteiger partial charge in [-0.3, -0.25) is 0 Å². The number of halogens is 2. The highest BCUT2D eigenvalue weighted by Crippen LogP contribution is 2.35. The Morgan fingerprint density at radius 1 is 1.42 bits per heavy atom. The van der Waals surface area contributed by atoms with Crippen molar-refractivity contribution in [2.75, 3.05) is 0 Å². The molecule has 2 nitrogen and oxygen atoms in total. The van der Waals surface area contributed by atoms with E-state index < -0.39 is 17.5 Å². The quantitative estimate of drug-likeness (QED) is 0.895. The Kier molecular flexibility index (Phi) is 4.49. The number of hydrogen-bond acceptors (Lipinski definition) is 2. The Bertz CT molecular complexity index is 442. The van der Waals surface area contributed by atoms with E-state index >= 15 is 0 Å². The number of rotatable bonds is 3. The fourth-order valence-corrected chi connectivity index (χ4v) is 2.79. The van der Waals surface area contributed by atoms with Crippen LogP contribution < -0.4 is 0 Å². The van der Waals surface area contributed by atoms with Crippen LogP contribution in [0.2, 0.25) is 5.02 Å². The molecule has 0 heterocycles. The first-order chi connectivity index (χ1) is 8.90. The molecule has 0 spiro atoms. The molecule has 0 aromatic heterocycles. The van der Waals surface area contributed by atoms with Gasteiger partial charge in [-0.1, -0.05) is 24.6 Å². The highest BCUT2D eigenvalue weighted by atomic mass is 35.5. The normalized spacial score (nSPS) is 29.2. The molecular formula is C15H20ClFO2. The van der Waals surface area contributed by atoms with E-state index in [9.17, 15) is 14.6 Å². The minimum atomic E-state index is -1.04. The lowest BCUT2D eigenvalue weighted by Crippen LogP contribution is -2.46. The predicted octanol–water partition coefficient (Wildman–Crippen LogP) is 3.32. The summed E-state index contributed by atoms with van der Waals surface area (Å²) in [7, 11) is 0. The SMILES string of the molecule is CC1CCC(O)(C(O)Cc2ccc(Cl)c(F)c2)CC1. The van der Waals surface area contributed by atoms with Crippen molar-refractivity contribution < 1.29 is 14.6 Å². The topological polar surface area (TPSA) is 40.5 Å². The van der Waals surface area contributed by atoms with E-state index in [1.165, 1.54) is 12.1 Å². The molecule has 19 heavy (non-hydrogen) atoms. The summed E-state index contributed by atoms with van der Waals surface area (Å²) in [5, 5.41) is 20.8. The van der Waals surface area contributed by atoms with Crippen LogP contribution >= 0.6 is 11.6 Å². The van der Waals surface area contributed by atoms with Crippen LogP contribution in [0.15, 0.2) is 18.2 Å². The molecule has 1 fully saturated rings. The molecular weight excluding hydrogens is 267 g/mol. The van der Waals surface area contributed by atoms with Crippen molar-refractivity contribution in [2.45, 2.75) is 50.7 Å². The smallest absolute Gasteiger partial charge is 0.142 e. The summed E-state index contributed by atoms with van der Waals surface area (Å²) in [5.41, 5.74) is -0.385. The van der Waals surface area contributed by atoms with Crippen molar-refractivity contribution in [3.8, 4) is 0 Å². The maximum absolute atomic E-state index is 13.3. The van der Waals surface area contributed by atoms with Crippen LogP contribution in [-0.4, -0.2) is 21.9 Å². The zero-order chi connectivity index (χ0) is 14.0. The molecule has 1 saturated carbocycles. The number of aliphatic hydroxyl groups is 2. The number of aliphatic hydroxyl groups excluding tert-OH is 1. The van der Waals surface area contributed by atoms with Crippen LogP contribution in [0.5, 0.6) is 0 Å². The van der Waals surface area contributed by atoms with E-state index in [-0.39, 0.29) is 11.4 Å². The van der Waals surface area contributed by atoms with E-state index in [0.717, 1.165) is 12.8 Å². The van der Waals surface area contributed by atoms with E-state index in [2.05, 4.69) is 6.92 Å². The van der Waals surface area contributed by atoms with Gasteiger partial charge in [-0.2, -0.15) is 0 Å². The van der Waals surface area contributed by atoms with Crippen molar-refractivity contribution in [3.05, 3.63) is 34.6 Å². The van der Waals surface area contributed by atoms with Crippen molar-refractivity contribution in [1.82, 2.24) is 0 Å². The summed E-state index contributed by atoms with van der Waals surface area (Å²) in [6, 6.07) is 4.48. The molecule has 4 heteroatoms. The van der Waals surface area contributed by atoms with Gasteiger partial charge in [-0.15, -0.1) is 0 Å². The van der Waals surface area contributed by atoms with Crippen LogP contribution in [0.4, 0.5) is 4.39 Å². The van der Waals surface area contributed by atoms with E-state index in [4.69, 9.17) is 11.6 Å². The van der Waals surface area contributed by atoms with Gasteiger partial charge in [-0.05, 0) is 49.3 Å². The monoisotopic (exact) mass is 286 g/mol. The molecule has 0 amide bonds. The molecule has 2 N–H and O–H groups in total. The summed E-state index contributed by atoms with van der Waals surface area (Å²) in [4.78, 5) is 0. The average Bonchev–Trinajstić information content (AvgIpc) is 2.37. The molecule has 1 aromatic rings. The zero-order valence-electron chi connectivity index (χ0n) is 11.1. The van der Waals surface area contributed by atoms with Gasteiger partial charge in [-0.25, -0.2) is 4.39 Å². The highest BCUT2D eigenvalue weighted by molar-refractivity contribution is 6.30. The second-order valence-corrected chi connectivity index (χ2v) is 6.16. The van der Waals surface area contributed by atoms with Crippen molar-refractivity contribution >= 4 is 11.6 Å². The Hall–Kier alpha value is -0.640. The van der Waals surface area contributed by atoms with Gasteiger partial charge in [0.1, 0.15) is 5.82 Å². The third kappa shape index (κ3) is 3.47. The van der Waals surface area contributed by atoms with Crippen molar-refractivity contribution in [1.29, 1.82) is 0 Å². The van der Waals surface area contributed by atoms with Crippen LogP contribution in [0.3, 0.4) is 0 Å². The van der Waals surface area contributed by atoms with Crippen LogP contribution in [0.25, 0.3) is 0 Å². The minimum absolute atomic E-state index is 0.0726. The lowest BCUT2D eigenvalue weighted by atomic mass is 9.75. The fraction of sp³-hybridized carbons (Fsp3) is 0.600. The zero-order valence-corrected chi connectivity index (χ0v) is 11.8. The molecule has 1 aromatic carbocycles. The van der Waals surface area contributed by atoms with Gasteiger partial charge in [0, 0.05) is 6.42 Å². The Morgan fingerprint density at radius 2 is 2.05 bits per heavy atom. The van der Waals surface area contributed by atoms with Crippen LogP contribution in [0.1, 0.15) is 38.2 Å². The Labute approximate surface area is 118 Å². The second kappa shape index (κ2) is 5.78. The maximum atomic E-state index is 13.3. The summed E-state index contributed by atoms with van der Waals surface area (Å²) >= 11 is 5.62. The first-order valence-electron chi connectivity index (χ1n) is 6.75. The third-order valence-electron chi connectivity index (χ3n) is 4.17. The highest BCUT2D eigenvalue weighted by Gasteiger charge is 2.38. The Morgan fingerprint density at radius 3 is 2.63 bits per heavy atom. The molecule has 1 atom stereocenters. The van der Waals surface area contributed by atoms with Gasteiger partial charge < -0.3 is 10.2 Å². The first kappa shape index (κ1) is 14.8. The summed E-state index contributed by atoms with van der Waals surface area (Å²) in [6.45, 7) is 2.15. The van der Waals surface area contributed by atoms with E-state index in [1.54, 1.807) is 6.07 Å². The van der Waals surface area contributed by atoms with Gasteiger partial charge in [0.05, 0.1) is 16.7 Å². The van der Waals surface area contributed by atoms with Gasteiger partial charge in [0.15, 0.2) is 0 Å². The molecule has 2 rings (SSSR count). The number of benzene rings is 1. The average molecular weight is 287 g/mol. The second-order valence-electron chi connectivity index (χ2n) is 5.75. The van der Waals surface area contributed by atoms with Gasteiger partial charge in [0.2, 0.25) is 0 Å². The third-order valence-corrected chi connectivity index (χ3v) is 4.48. The van der Waals surface area contributed by atoms with Crippen molar-refractivity contribution in [2.24, 2.45) is 5.92 Å². The largest absolute Gasteiger partial charge is 0.390 e. The lowest BCUT2D eigenvalue weighted by Gasteiger charge is -2.38. The van der Waals surface area contributed by atoms with E-state index in [1.807, 2.05) is 0 Å². The summed E-state index contributed by atoms with van der Waals surface area (Å²) in [6.07, 6.45) is 2.43. The molecule has 1 unspecified atom stereocenters. The van der Waals surface area contributed by atoms with Gasteiger partial charge in [0.25, 0.3) is 0 Å². The standard InChI is InChI=1S/C15H20ClFO2/c1-10-4-6-15(19,7-5-10)14(18)9-11-2-3-12(16)13(17)8-11/h2-3,8,10,14,18-19H,4-7,9H2,1H3. The summed E-state index contributed by atoms with van der Waals surface area (Å²) in [5.74, 6) is 0.107. The lowest BCUT2D eigenvalue weighted by molar-refractivity contribution is -0.102. The maximum Gasteiger partial charge on any atom is 0.142 e. The first-order valence-corrected chi connectivity index (χ1v) is 7.13. The van der Waals surface area contributed by atoms with Crippen molar-refractivity contribution in [3.63, 3.8) is 0 Å². The molecule has 0 bridgehead atoms.